The lowest BCUT2D eigenvalue weighted by molar-refractivity contribution is -0.938. The first-order valence-corrected chi connectivity index (χ1v) is 12.9. The maximum atomic E-state index is 13.5. The second-order valence-corrected chi connectivity index (χ2v) is 10.6. The molecule has 1 aromatic heterocycles. The van der Waals surface area contributed by atoms with Crippen LogP contribution in [-0.2, 0) is 9.53 Å². The summed E-state index contributed by atoms with van der Waals surface area (Å²) in [5.74, 6) is 0.319. The van der Waals surface area contributed by atoms with Crippen LogP contribution in [0.5, 0.6) is 0 Å². The monoisotopic (exact) mass is 475 g/mol. The topological polar surface area (TPSA) is 55.4 Å². The number of carbonyl (C=O) groups excluding carboxylic acids is 2. The van der Waals surface area contributed by atoms with E-state index in [2.05, 4.69) is 5.32 Å². The minimum absolute atomic E-state index is 0.156. The highest BCUT2D eigenvalue weighted by atomic mass is 32.1. The molecule has 3 saturated heterocycles. The fraction of sp³-hybridized carbons (Fsp3) is 0.357. The maximum Gasteiger partial charge on any atom is 0.333 e. The molecule has 0 aliphatic carbocycles. The molecular weight excluding hydrogens is 444 g/mol. The van der Waals surface area contributed by atoms with E-state index in [1.807, 2.05) is 79.0 Å². The smallest absolute Gasteiger partial charge is 0.333 e. The van der Waals surface area contributed by atoms with Crippen LogP contribution in [0, 0.1) is 12.8 Å². The Morgan fingerprint density at radius 2 is 1.74 bits per heavy atom. The molecule has 0 spiro atoms. The normalized spacial score (nSPS) is 24.4. The third-order valence-corrected chi connectivity index (χ3v) is 8.34. The number of hydrogen-bond acceptors (Lipinski definition) is 5. The molecule has 1 N–H and O–H groups in total. The first-order chi connectivity index (χ1) is 16.5. The second kappa shape index (κ2) is 9.72. The van der Waals surface area contributed by atoms with Gasteiger partial charge in [0, 0.05) is 24.4 Å². The lowest BCUT2D eigenvalue weighted by Crippen LogP contribution is -2.65. The van der Waals surface area contributed by atoms with Crippen molar-refractivity contribution in [1.29, 1.82) is 0 Å². The fourth-order valence-corrected chi connectivity index (χ4v) is 6.21. The van der Waals surface area contributed by atoms with Crippen LogP contribution in [0.15, 0.2) is 72.1 Å². The Morgan fingerprint density at radius 1 is 1.06 bits per heavy atom. The van der Waals surface area contributed by atoms with Gasteiger partial charge in [0.15, 0.2) is 12.1 Å². The summed E-state index contributed by atoms with van der Waals surface area (Å²) >= 11 is 1.53. The third kappa shape index (κ3) is 4.93. The van der Waals surface area contributed by atoms with Crippen LogP contribution in [0.3, 0.4) is 0 Å². The third-order valence-electron chi connectivity index (χ3n) is 7.25. The van der Waals surface area contributed by atoms with Crippen LogP contribution < -0.4 is 5.32 Å². The van der Waals surface area contributed by atoms with Gasteiger partial charge < -0.3 is 14.5 Å². The number of fused-ring (bicyclic) bond motifs is 3. The molecule has 3 aromatic rings. The highest BCUT2D eigenvalue weighted by Gasteiger charge is 2.49. The molecule has 0 amide bonds. The summed E-state index contributed by atoms with van der Waals surface area (Å²) in [6.07, 6.45) is 1.84. The van der Waals surface area contributed by atoms with Crippen LogP contribution in [0.1, 0.15) is 39.7 Å². The summed E-state index contributed by atoms with van der Waals surface area (Å²) in [5.41, 5.74) is 2.89. The number of esters is 1. The largest absolute Gasteiger partial charge is 0.454 e. The summed E-state index contributed by atoms with van der Waals surface area (Å²) in [5, 5.41) is 5.39. The van der Waals surface area contributed by atoms with Gasteiger partial charge in [0.1, 0.15) is 13.1 Å². The Kier molecular flexibility index (Phi) is 6.53. The van der Waals surface area contributed by atoms with Crippen molar-refractivity contribution in [3.05, 3.63) is 88.1 Å². The lowest BCUT2D eigenvalue weighted by atomic mass is 9.83. The van der Waals surface area contributed by atoms with Crippen molar-refractivity contribution in [3.63, 3.8) is 0 Å². The number of nitrogens with one attached hydrogen (secondary N) is 1. The van der Waals surface area contributed by atoms with E-state index in [4.69, 9.17) is 4.74 Å². The average molecular weight is 476 g/mol. The number of piperidine rings is 3. The predicted octanol–water partition coefficient (Wildman–Crippen LogP) is 5.24. The molecular formula is C28H31N2O3S+. The predicted molar refractivity (Wildman–Crippen MR) is 135 cm³/mol. The van der Waals surface area contributed by atoms with Crippen molar-refractivity contribution in [2.75, 3.05) is 31.5 Å². The zero-order chi connectivity index (χ0) is 23.5. The number of hydrogen-bond donors (Lipinski definition) is 1. The molecule has 6 heteroatoms. The number of Topliss-reactive ketones (excluding diaryl/α,β-unsaturated/α-hetero) is 1. The van der Waals surface area contributed by atoms with Crippen molar-refractivity contribution < 1.29 is 18.8 Å². The minimum Gasteiger partial charge on any atom is -0.454 e. The summed E-state index contributed by atoms with van der Waals surface area (Å²) in [6, 6.07) is 20.9. The molecule has 1 unspecified atom stereocenters. The van der Waals surface area contributed by atoms with E-state index in [-0.39, 0.29) is 17.9 Å². The summed E-state index contributed by atoms with van der Waals surface area (Å²) in [6.45, 7) is 5.21. The Hall–Kier alpha value is -2.96. The molecule has 3 aliphatic heterocycles. The van der Waals surface area contributed by atoms with E-state index in [1.165, 1.54) is 11.3 Å². The van der Waals surface area contributed by atoms with Gasteiger partial charge in [-0.3, -0.25) is 4.79 Å². The minimum atomic E-state index is -0.580. The molecule has 3 aliphatic rings. The van der Waals surface area contributed by atoms with Crippen molar-refractivity contribution in [2.24, 2.45) is 5.92 Å². The van der Waals surface area contributed by atoms with Gasteiger partial charge in [-0.1, -0.05) is 48.5 Å². The molecule has 6 rings (SSSR count). The molecule has 34 heavy (non-hydrogen) atoms. The fourth-order valence-electron chi connectivity index (χ4n) is 5.38. The number of aryl methyl sites for hydroxylation is 1. The first-order valence-electron chi connectivity index (χ1n) is 12.0. The molecule has 3 fully saturated rings. The molecule has 0 radical (unpaired) electrons. The van der Waals surface area contributed by atoms with Crippen LogP contribution in [0.4, 0.5) is 5.69 Å². The Morgan fingerprint density at radius 3 is 2.38 bits per heavy atom. The second-order valence-electron chi connectivity index (χ2n) is 9.71. The van der Waals surface area contributed by atoms with Crippen LogP contribution in [0.25, 0.3) is 0 Å². The van der Waals surface area contributed by atoms with Gasteiger partial charge in [-0.25, -0.2) is 4.79 Å². The van der Waals surface area contributed by atoms with Gasteiger partial charge in [-0.15, -0.1) is 11.3 Å². The van der Waals surface area contributed by atoms with Gasteiger partial charge in [0.2, 0.25) is 5.78 Å². The number of para-hydroxylation sites is 1. The summed E-state index contributed by atoms with van der Waals surface area (Å²) in [4.78, 5) is 27.3. The number of anilines is 1. The van der Waals surface area contributed by atoms with Crippen molar-refractivity contribution in [3.8, 4) is 0 Å². The summed E-state index contributed by atoms with van der Waals surface area (Å²) < 4.78 is 6.93. The average Bonchev–Trinajstić information content (AvgIpc) is 3.31. The van der Waals surface area contributed by atoms with Crippen LogP contribution in [0.2, 0.25) is 0 Å². The van der Waals surface area contributed by atoms with Crippen LogP contribution >= 0.6 is 11.3 Å². The van der Waals surface area contributed by atoms with Gasteiger partial charge in [-0.2, -0.15) is 0 Å². The summed E-state index contributed by atoms with van der Waals surface area (Å²) in [7, 11) is 0. The van der Waals surface area contributed by atoms with Gasteiger partial charge in [0.25, 0.3) is 0 Å². The van der Waals surface area contributed by atoms with E-state index >= 15 is 0 Å². The quantitative estimate of drug-likeness (QED) is 0.275. The molecule has 0 saturated carbocycles. The molecule has 4 heterocycles. The SMILES string of the molecule is Cc1csc(C(=O)C[N+]23CCC(CC2)[C@@H](OC(=O)C(Nc2ccccc2)c2ccccc2)C3)c1. The maximum absolute atomic E-state index is 13.5. The van der Waals surface area contributed by atoms with Crippen molar-refractivity contribution in [2.45, 2.75) is 31.9 Å². The number of benzene rings is 2. The van der Waals surface area contributed by atoms with E-state index in [1.54, 1.807) is 0 Å². The number of quaternary nitrogens is 1. The van der Waals surface area contributed by atoms with Gasteiger partial charge in [0.05, 0.1) is 18.0 Å². The van der Waals surface area contributed by atoms with E-state index < -0.39 is 6.04 Å². The molecule has 2 aromatic carbocycles. The van der Waals surface area contributed by atoms with Crippen molar-refractivity contribution in [1.82, 2.24) is 0 Å². The molecule has 5 nitrogen and oxygen atoms in total. The van der Waals surface area contributed by atoms with E-state index in [0.717, 1.165) is 58.7 Å². The van der Waals surface area contributed by atoms with Gasteiger partial charge in [-0.05, 0) is 41.6 Å². The van der Waals surface area contributed by atoms with Crippen LogP contribution in [-0.4, -0.2) is 48.5 Å². The first kappa shape index (κ1) is 22.8. The number of ketones is 1. The zero-order valence-electron chi connectivity index (χ0n) is 19.5. The Labute approximate surface area is 205 Å². The number of ether oxygens (including phenoxy) is 1. The Balaban J connectivity index is 1.31. The highest BCUT2D eigenvalue weighted by molar-refractivity contribution is 7.12. The zero-order valence-corrected chi connectivity index (χ0v) is 20.3. The van der Waals surface area contributed by atoms with Crippen molar-refractivity contribution >= 4 is 28.8 Å². The van der Waals surface area contributed by atoms with E-state index in [0.29, 0.717) is 12.5 Å². The number of nitrogens with zero attached hydrogens (tertiary/aromatic N) is 1. The van der Waals surface area contributed by atoms with Gasteiger partial charge >= 0.3 is 5.97 Å². The standard InChI is InChI=1S/C28H31N2O3S/c1-20-16-26(34-19-20)24(31)17-30-14-12-21(13-15-30)25(18-30)33-28(32)27(22-8-4-2-5-9-22)29-23-10-6-3-7-11-23/h2-11,16,19,21,25,27,29H,12-15,17-18H2,1H3/q+1/t21?,25-,27?,30?/m0/s1. The lowest BCUT2D eigenvalue weighted by Gasteiger charge is -2.51. The molecule has 2 atom stereocenters. The number of carbonyl (C=O) groups is 2. The number of rotatable bonds is 8. The number of thiophene rings is 1. The van der Waals surface area contributed by atoms with E-state index in [9.17, 15) is 9.59 Å². The molecule has 2 bridgehead atoms. The molecule has 176 valence electrons. The highest BCUT2D eigenvalue weighted by Crippen LogP contribution is 2.37. The Bertz CT molecular complexity index is 1140.